The molecular formula is C10H17N3O3. The number of nitrogens with zero attached hydrogens (tertiary/aromatic N) is 2. The average Bonchev–Trinajstić information content (AvgIpc) is 2.44. The van der Waals surface area contributed by atoms with Gasteiger partial charge in [-0.2, -0.15) is 5.10 Å². The maximum absolute atomic E-state index is 10.7. The zero-order chi connectivity index (χ0) is 12.3. The molecule has 1 aromatic rings. The van der Waals surface area contributed by atoms with Crippen LogP contribution in [0.5, 0.6) is 0 Å². The summed E-state index contributed by atoms with van der Waals surface area (Å²) in [7, 11) is 0. The third-order valence-electron chi connectivity index (χ3n) is 1.85. The van der Waals surface area contributed by atoms with Crippen LogP contribution in [0.1, 0.15) is 31.3 Å². The van der Waals surface area contributed by atoms with Crippen LogP contribution in [0.15, 0.2) is 6.20 Å². The van der Waals surface area contributed by atoms with Gasteiger partial charge in [0.2, 0.25) is 0 Å². The van der Waals surface area contributed by atoms with Gasteiger partial charge in [-0.05, 0) is 20.8 Å². The van der Waals surface area contributed by atoms with Crippen LogP contribution < -0.4 is 5.73 Å². The Bertz CT molecular complexity index is 379. The van der Waals surface area contributed by atoms with E-state index in [-0.39, 0.29) is 17.0 Å². The van der Waals surface area contributed by atoms with E-state index in [0.717, 1.165) is 0 Å². The van der Waals surface area contributed by atoms with Crippen molar-refractivity contribution in [1.82, 2.24) is 9.78 Å². The van der Waals surface area contributed by atoms with E-state index in [1.165, 1.54) is 10.9 Å². The van der Waals surface area contributed by atoms with E-state index in [1.807, 2.05) is 20.8 Å². The average molecular weight is 227 g/mol. The fourth-order valence-corrected chi connectivity index (χ4v) is 1.16. The van der Waals surface area contributed by atoms with Crippen molar-refractivity contribution in [2.24, 2.45) is 0 Å². The summed E-state index contributed by atoms with van der Waals surface area (Å²) in [5, 5.41) is 12.6. The van der Waals surface area contributed by atoms with Crippen molar-refractivity contribution in [1.29, 1.82) is 0 Å². The summed E-state index contributed by atoms with van der Waals surface area (Å²) in [6.45, 7) is 6.80. The molecule has 0 atom stereocenters. The Labute approximate surface area is 94.0 Å². The van der Waals surface area contributed by atoms with Crippen LogP contribution >= 0.6 is 0 Å². The first-order chi connectivity index (χ1) is 7.29. The number of rotatable bonds is 4. The highest BCUT2D eigenvalue weighted by molar-refractivity contribution is 5.91. The van der Waals surface area contributed by atoms with Gasteiger partial charge in [-0.15, -0.1) is 0 Å². The normalized spacial score (nSPS) is 11.7. The van der Waals surface area contributed by atoms with Crippen molar-refractivity contribution in [3.8, 4) is 0 Å². The SMILES string of the molecule is CC(C)(C)OCCn1cc(N)c(C(=O)O)n1. The number of anilines is 1. The largest absolute Gasteiger partial charge is 0.476 e. The Morgan fingerprint density at radius 3 is 2.69 bits per heavy atom. The smallest absolute Gasteiger partial charge is 0.358 e. The molecule has 0 amide bonds. The molecule has 3 N–H and O–H groups in total. The molecule has 0 aliphatic carbocycles. The number of nitrogen functional groups attached to an aromatic ring is 1. The van der Waals surface area contributed by atoms with Crippen molar-refractivity contribution in [2.75, 3.05) is 12.3 Å². The molecule has 0 fully saturated rings. The minimum atomic E-state index is -1.12. The molecule has 0 radical (unpaired) electrons. The van der Waals surface area contributed by atoms with E-state index in [9.17, 15) is 4.79 Å². The number of carbonyl (C=O) groups is 1. The summed E-state index contributed by atoms with van der Waals surface area (Å²) < 4.78 is 6.97. The lowest BCUT2D eigenvalue weighted by molar-refractivity contribution is -0.00796. The highest BCUT2D eigenvalue weighted by Crippen LogP contribution is 2.10. The molecule has 0 spiro atoms. The van der Waals surface area contributed by atoms with E-state index < -0.39 is 5.97 Å². The number of hydrogen-bond acceptors (Lipinski definition) is 4. The lowest BCUT2D eigenvalue weighted by atomic mass is 10.2. The second kappa shape index (κ2) is 4.52. The molecule has 0 saturated heterocycles. The summed E-state index contributed by atoms with van der Waals surface area (Å²) in [5.41, 5.74) is 5.34. The van der Waals surface area contributed by atoms with Crippen LogP contribution in [0.4, 0.5) is 5.69 Å². The Morgan fingerprint density at radius 2 is 2.25 bits per heavy atom. The van der Waals surface area contributed by atoms with Crippen molar-refractivity contribution < 1.29 is 14.6 Å². The van der Waals surface area contributed by atoms with E-state index in [2.05, 4.69) is 5.10 Å². The third kappa shape index (κ3) is 3.54. The molecule has 16 heavy (non-hydrogen) atoms. The van der Waals surface area contributed by atoms with Gasteiger partial charge >= 0.3 is 5.97 Å². The lowest BCUT2D eigenvalue weighted by Crippen LogP contribution is -2.22. The van der Waals surface area contributed by atoms with Crippen LogP contribution in [0.3, 0.4) is 0 Å². The quantitative estimate of drug-likeness (QED) is 0.800. The van der Waals surface area contributed by atoms with Crippen LogP contribution in [-0.4, -0.2) is 33.1 Å². The minimum absolute atomic E-state index is 0.115. The molecule has 6 nitrogen and oxygen atoms in total. The van der Waals surface area contributed by atoms with E-state index >= 15 is 0 Å². The number of carboxylic acids is 1. The number of nitrogens with two attached hydrogens (primary N) is 1. The van der Waals surface area contributed by atoms with Gasteiger partial charge in [-0.25, -0.2) is 4.79 Å². The van der Waals surface area contributed by atoms with Gasteiger partial charge in [-0.3, -0.25) is 4.68 Å². The Kier molecular flexibility index (Phi) is 3.54. The summed E-state index contributed by atoms with van der Waals surface area (Å²) >= 11 is 0. The predicted octanol–water partition coefficient (Wildman–Crippen LogP) is 0.979. The van der Waals surface area contributed by atoms with Gasteiger partial charge in [0.15, 0.2) is 5.69 Å². The maximum atomic E-state index is 10.7. The molecule has 0 aromatic carbocycles. The summed E-state index contributed by atoms with van der Waals surface area (Å²) in [4.78, 5) is 10.7. The zero-order valence-electron chi connectivity index (χ0n) is 9.73. The molecule has 1 heterocycles. The van der Waals surface area contributed by atoms with E-state index in [1.54, 1.807) is 0 Å². The van der Waals surface area contributed by atoms with Gasteiger partial charge in [0, 0.05) is 6.20 Å². The van der Waals surface area contributed by atoms with Crippen LogP contribution in [0.2, 0.25) is 0 Å². The topological polar surface area (TPSA) is 90.4 Å². The third-order valence-corrected chi connectivity index (χ3v) is 1.85. The predicted molar refractivity (Wildman–Crippen MR) is 59.3 cm³/mol. The lowest BCUT2D eigenvalue weighted by Gasteiger charge is -2.19. The maximum Gasteiger partial charge on any atom is 0.358 e. The molecule has 0 bridgehead atoms. The summed E-state index contributed by atoms with van der Waals surface area (Å²) in [5.74, 6) is -1.12. The highest BCUT2D eigenvalue weighted by Gasteiger charge is 2.14. The number of hydrogen-bond donors (Lipinski definition) is 2. The molecule has 1 aromatic heterocycles. The minimum Gasteiger partial charge on any atom is -0.476 e. The molecule has 0 aliphatic heterocycles. The van der Waals surface area contributed by atoms with Crippen LogP contribution in [-0.2, 0) is 11.3 Å². The fraction of sp³-hybridized carbons (Fsp3) is 0.600. The Hall–Kier alpha value is -1.56. The number of ether oxygens (including phenoxy) is 1. The van der Waals surface area contributed by atoms with E-state index in [4.69, 9.17) is 15.6 Å². The van der Waals surface area contributed by atoms with Gasteiger partial charge in [-0.1, -0.05) is 0 Å². The number of aromatic nitrogens is 2. The van der Waals surface area contributed by atoms with Crippen molar-refractivity contribution in [3.05, 3.63) is 11.9 Å². The van der Waals surface area contributed by atoms with Gasteiger partial charge in [0.25, 0.3) is 0 Å². The first-order valence-corrected chi connectivity index (χ1v) is 5.00. The second-order valence-corrected chi connectivity index (χ2v) is 4.46. The number of carboxylic acid groups (broad SMARTS) is 1. The van der Waals surface area contributed by atoms with Crippen molar-refractivity contribution >= 4 is 11.7 Å². The van der Waals surface area contributed by atoms with Crippen molar-refractivity contribution in [3.63, 3.8) is 0 Å². The van der Waals surface area contributed by atoms with Crippen molar-refractivity contribution in [2.45, 2.75) is 32.9 Å². The molecular weight excluding hydrogens is 210 g/mol. The molecule has 1 rings (SSSR count). The Balaban J connectivity index is 2.56. The second-order valence-electron chi connectivity index (χ2n) is 4.46. The van der Waals surface area contributed by atoms with Gasteiger partial charge in [0.1, 0.15) is 0 Å². The molecule has 90 valence electrons. The highest BCUT2D eigenvalue weighted by atomic mass is 16.5. The van der Waals surface area contributed by atoms with Crippen LogP contribution in [0, 0.1) is 0 Å². The first-order valence-electron chi connectivity index (χ1n) is 5.00. The molecule has 6 heteroatoms. The Morgan fingerprint density at radius 1 is 1.62 bits per heavy atom. The summed E-state index contributed by atoms with van der Waals surface area (Å²) in [6, 6.07) is 0. The molecule has 0 saturated carbocycles. The fourth-order valence-electron chi connectivity index (χ4n) is 1.16. The van der Waals surface area contributed by atoms with Gasteiger partial charge in [0.05, 0.1) is 24.4 Å². The number of aromatic carboxylic acids is 1. The zero-order valence-corrected chi connectivity index (χ0v) is 9.73. The van der Waals surface area contributed by atoms with Gasteiger partial charge < -0.3 is 15.6 Å². The molecule has 0 unspecified atom stereocenters. The van der Waals surface area contributed by atoms with Crippen LogP contribution in [0.25, 0.3) is 0 Å². The molecule has 0 aliphatic rings. The monoisotopic (exact) mass is 227 g/mol. The standard InChI is InChI=1S/C10H17N3O3/c1-10(2,3)16-5-4-13-6-7(11)8(12-13)9(14)15/h6H,4-5,11H2,1-3H3,(H,14,15). The van der Waals surface area contributed by atoms with E-state index in [0.29, 0.717) is 13.2 Å². The first kappa shape index (κ1) is 12.5. The summed E-state index contributed by atoms with van der Waals surface area (Å²) in [6.07, 6.45) is 1.50.